The number of carbonyl (C=O) groups is 2. The normalized spacial score (nSPS) is 10.5. The number of esters is 1. The Morgan fingerprint density at radius 3 is 2.94 bits per heavy atom. The largest absolute Gasteiger partial charge is 0.461 e. The van der Waals surface area contributed by atoms with Crippen LogP contribution < -0.4 is 0 Å². The predicted molar refractivity (Wildman–Crippen MR) is 68.9 cm³/mol. The highest BCUT2D eigenvalue weighted by Gasteiger charge is 2.10. The van der Waals surface area contributed by atoms with Crippen LogP contribution in [0.5, 0.6) is 0 Å². The van der Waals surface area contributed by atoms with E-state index in [1.165, 1.54) is 0 Å². The van der Waals surface area contributed by atoms with Gasteiger partial charge in [-0.1, -0.05) is 13.3 Å². The number of aldehydes is 1. The molecule has 2 aromatic rings. The number of H-pyrrole nitrogens is 1. The lowest BCUT2D eigenvalue weighted by molar-refractivity contribution is 0.0494. The van der Waals surface area contributed by atoms with Crippen LogP contribution in [0.2, 0.25) is 0 Å². The third kappa shape index (κ3) is 2.59. The molecule has 0 aliphatic heterocycles. The number of nitrogens with one attached hydrogen (secondary N) is 1. The molecule has 0 bridgehead atoms. The second-order valence-electron chi connectivity index (χ2n) is 4.14. The maximum atomic E-state index is 11.7. The molecule has 0 unspecified atom stereocenters. The summed E-state index contributed by atoms with van der Waals surface area (Å²) in [6, 6.07) is 6.93. The number of carbonyl (C=O) groups excluding carboxylic acids is 2. The van der Waals surface area contributed by atoms with E-state index in [-0.39, 0.29) is 5.97 Å². The molecule has 1 aromatic carbocycles. The summed E-state index contributed by atoms with van der Waals surface area (Å²) >= 11 is 0. The fourth-order valence-electron chi connectivity index (χ4n) is 1.72. The van der Waals surface area contributed by atoms with Gasteiger partial charge in [0, 0.05) is 16.5 Å². The number of fused-ring (bicyclic) bond motifs is 1. The van der Waals surface area contributed by atoms with E-state index in [1.54, 1.807) is 24.3 Å². The Morgan fingerprint density at radius 2 is 2.22 bits per heavy atom. The highest BCUT2D eigenvalue weighted by Crippen LogP contribution is 2.17. The molecule has 1 aromatic heterocycles. The van der Waals surface area contributed by atoms with Crippen molar-refractivity contribution in [1.29, 1.82) is 0 Å². The van der Waals surface area contributed by atoms with Crippen molar-refractivity contribution in [1.82, 2.24) is 4.98 Å². The minimum atomic E-state index is -0.354. The number of rotatable bonds is 5. The van der Waals surface area contributed by atoms with Gasteiger partial charge in [0.1, 0.15) is 12.0 Å². The Bertz CT molecular complexity index is 571. The summed E-state index contributed by atoms with van der Waals surface area (Å²) in [5, 5.41) is 0.835. The van der Waals surface area contributed by atoms with Gasteiger partial charge in [-0.2, -0.15) is 0 Å². The van der Waals surface area contributed by atoms with Gasteiger partial charge in [-0.15, -0.1) is 0 Å². The average molecular weight is 245 g/mol. The predicted octanol–water partition coefficient (Wildman–Crippen LogP) is 2.94. The SMILES string of the molecule is CCCCOC(=O)c1cc2cc(C=O)ccc2[nH]1. The molecule has 0 atom stereocenters. The molecule has 1 N–H and O–H groups in total. The maximum Gasteiger partial charge on any atom is 0.354 e. The Morgan fingerprint density at radius 1 is 1.39 bits per heavy atom. The number of unbranched alkanes of at least 4 members (excludes halogenated alkanes) is 1. The summed E-state index contributed by atoms with van der Waals surface area (Å²) in [5.74, 6) is -0.354. The summed E-state index contributed by atoms with van der Waals surface area (Å²) in [7, 11) is 0. The fourth-order valence-corrected chi connectivity index (χ4v) is 1.72. The zero-order valence-corrected chi connectivity index (χ0v) is 10.2. The smallest absolute Gasteiger partial charge is 0.354 e. The summed E-state index contributed by atoms with van der Waals surface area (Å²) in [5.41, 5.74) is 1.83. The molecule has 0 spiro atoms. The van der Waals surface area contributed by atoms with E-state index in [0.29, 0.717) is 17.9 Å². The molecular weight excluding hydrogens is 230 g/mol. The van der Waals surface area contributed by atoms with Crippen molar-refractivity contribution in [3.05, 3.63) is 35.5 Å². The first-order valence-electron chi connectivity index (χ1n) is 5.99. The molecule has 94 valence electrons. The molecule has 1 heterocycles. The van der Waals surface area contributed by atoms with Crippen molar-refractivity contribution in [3.63, 3.8) is 0 Å². The summed E-state index contributed by atoms with van der Waals surface area (Å²) < 4.78 is 5.11. The number of aromatic amines is 1. The fraction of sp³-hybridized carbons (Fsp3) is 0.286. The van der Waals surface area contributed by atoms with Crippen molar-refractivity contribution in [2.75, 3.05) is 6.61 Å². The quantitative estimate of drug-likeness (QED) is 0.500. The van der Waals surface area contributed by atoms with Gasteiger partial charge in [0.2, 0.25) is 0 Å². The molecule has 2 rings (SSSR count). The summed E-state index contributed by atoms with van der Waals surface area (Å²) in [6.07, 6.45) is 2.63. The minimum absolute atomic E-state index is 0.354. The van der Waals surface area contributed by atoms with Crippen LogP contribution in [-0.2, 0) is 4.74 Å². The van der Waals surface area contributed by atoms with Crippen molar-refractivity contribution in [2.45, 2.75) is 19.8 Å². The van der Waals surface area contributed by atoms with E-state index in [2.05, 4.69) is 4.98 Å². The molecule has 4 nitrogen and oxygen atoms in total. The zero-order chi connectivity index (χ0) is 13.0. The van der Waals surface area contributed by atoms with Gasteiger partial charge in [-0.05, 0) is 30.7 Å². The number of ether oxygens (including phenoxy) is 1. The van der Waals surface area contributed by atoms with E-state index < -0.39 is 0 Å². The number of benzene rings is 1. The number of aromatic nitrogens is 1. The van der Waals surface area contributed by atoms with E-state index in [4.69, 9.17) is 4.74 Å². The molecule has 0 amide bonds. The lowest BCUT2D eigenvalue weighted by Gasteiger charge is -2.00. The minimum Gasteiger partial charge on any atom is -0.461 e. The zero-order valence-electron chi connectivity index (χ0n) is 10.2. The van der Waals surface area contributed by atoms with Crippen LogP contribution in [0.15, 0.2) is 24.3 Å². The highest BCUT2D eigenvalue weighted by molar-refractivity contribution is 5.96. The van der Waals surface area contributed by atoms with E-state index >= 15 is 0 Å². The first-order chi connectivity index (χ1) is 8.74. The first-order valence-corrected chi connectivity index (χ1v) is 5.99. The highest BCUT2D eigenvalue weighted by atomic mass is 16.5. The molecule has 0 fully saturated rings. The van der Waals surface area contributed by atoms with Crippen LogP contribution in [-0.4, -0.2) is 23.8 Å². The van der Waals surface area contributed by atoms with Crippen molar-refractivity contribution >= 4 is 23.2 Å². The summed E-state index contributed by atoms with van der Waals surface area (Å²) in [6.45, 7) is 2.47. The van der Waals surface area contributed by atoms with Crippen LogP contribution in [0.1, 0.15) is 40.6 Å². The molecule has 0 saturated heterocycles. The Kier molecular flexibility index (Phi) is 3.77. The van der Waals surface area contributed by atoms with Crippen LogP contribution >= 0.6 is 0 Å². The van der Waals surface area contributed by atoms with Gasteiger partial charge in [0.05, 0.1) is 6.61 Å². The van der Waals surface area contributed by atoms with E-state index in [0.717, 1.165) is 30.0 Å². The van der Waals surface area contributed by atoms with Gasteiger partial charge in [-0.25, -0.2) is 4.79 Å². The van der Waals surface area contributed by atoms with Crippen LogP contribution in [0, 0.1) is 0 Å². The number of hydrogen-bond acceptors (Lipinski definition) is 3. The second-order valence-corrected chi connectivity index (χ2v) is 4.14. The molecule has 0 radical (unpaired) electrons. The Labute approximate surface area is 105 Å². The van der Waals surface area contributed by atoms with Gasteiger partial charge in [0.15, 0.2) is 0 Å². The van der Waals surface area contributed by atoms with Gasteiger partial charge < -0.3 is 9.72 Å². The third-order valence-corrected chi connectivity index (χ3v) is 2.73. The van der Waals surface area contributed by atoms with Crippen molar-refractivity contribution < 1.29 is 14.3 Å². The van der Waals surface area contributed by atoms with Crippen molar-refractivity contribution in [3.8, 4) is 0 Å². The Balaban J connectivity index is 2.18. The van der Waals surface area contributed by atoms with Crippen LogP contribution in [0.25, 0.3) is 10.9 Å². The molecule has 0 aliphatic rings. The summed E-state index contributed by atoms with van der Waals surface area (Å²) in [4.78, 5) is 25.4. The Hall–Kier alpha value is -2.10. The van der Waals surface area contributed by atoms with Gasteiger partial charge >= 0.3 is 5.97 Å². The topological polar surface area (TPSA) is 59.2 Å². The lowest BCUT2D eigenvalue weighted by Crippen LogP contribution is -2.06. The van der Waals surface area contributed by atoms with Gasteiger partial charge in [-0.3, -0.25) is 4.79 Å². The maximum absolute atomic E-state index is 11.7. The van der Waals surface area contributed by atoms with E-state index in [1.807, 2.05) is 6.92 Å². The second kappa shape index (κ2) is 5.49. The molecule has 4 heteroatoms. The third-order valence-electron chi connectivity index (χ3n) is 2.73. The first kappa shape index (κ1) is 12.4. The monoisotopic (exact) mass is 245 g/mol. The van der Waals surface area contributed by atoms with Crippen LogP contribution in [0.4, 0.5) is 0 Å². The van der Waals surface area contributed by atoms with Crippen molar-refractivity contribution in [2.24, 2.45) is 0 Å². The van der Waals surface area contributed by atoms with Gasteiger partial charge in [0.25, 0.3) is 0 Å². The van der Waals surface area contributed by atoms with E-state index in [9.17, 15) is 9.59 Å². The van der Waals surface area contributed by atoms with Crippen LogP contribution in [0.3, 0.4) is 0 Å². The number of hydrogen-bond donors (Lipinski definition) is 1. The molecule has 18 heavy (non-hydrogen) atoms. The standard InChI is InChI=1S/C14H15NO3/c1-2-3-6-18-14(17)13-8-11-7-10(9-16)4-5-12(11)15-13/h4-5,7-9,15H,2-3,6H2,1H3. The lowest BCUT2D eigenvalue weighted by atomic mass is 10.2. The molecule has 0 aliphatic carbocycles. The molecular formula is C14H15NO3. The average Bonchev–Trinajstić information content (AvgIpc) is 2.81. The molecule has 0 saturated carbocycles.